The highest BCUT2D eigenvalue weighted by atomic mass is 32.2. The molecule has 0 amide bonds. The Balaban J connectivity index is 2.56. The summed E-state index contributed by atoms with van der Waals surface area (Å²) in [6, 6.07) is 3.48. The zero-order chi connectivity index (χ0) is 12.7. The van der Waals surface area contributed by atoms with E-state index in [0.29, 0.717) is 17.3 Å². The Morgan fingerprint density at radius 2 is 2.12 bits per heavy atom. The molecule has 0 saturated heterocycles. The van der Waals surface area contributed by atoms with Crippen molar-refractivity contribution in [2.24, 2.45) is 5.73 Å². The minimum absolute atomic E-state index is 0.387. The monoisotopic (exact) mass is 276 g/mol. The molecule has 0 unspecified atom stereocenters. The Morgan fingerprint density at radius 1 is 1.35 bits per heavy atom. The van der Waals surface area contributed by atoms with Crippen molar-refractivity contribution < 1.29 is 8.42 Å². The Kier molecular flexibility index (Phi) is 6.11. The Bertz CT molecular complexity index is 426. The average molecular weight is 276 g/mol. The van der Waals surface area contributed by atoms with Crippen LogP contribution in [0.5, 0.6) is 0 Å². The van der Waals surface area contributed by atoms with Crippen LogP contribution in [0.25, 0.3) is 0 Å². The van der Waals surface area contributed by atoms with Crippen LogP contribution in [0, 0.1) is 0 Å². The summed E-state index contributed by atoms with van der Waals surface area (Å²) in [5.74, 6) is 0. The maximum atomic E-state index is 11.9. The van der Waals surface area contributed by atoms with Gasteiger partial charge in [0.2, 0.25) is 10.0 Å². The van der Waals surface area contributed by atoms with Gasteiger partial charge in [-0.3, -0.25) is 0 Å². The molecule has 0 spiro atoms. The molecule has 0 aliphatic carbocycles. The number of thiophene rings is 1. The summed E-state index contributed by atoms with van der Waals surface area (Å²) >= 11 is 1.30. The number of rotatable bonds is 8. The molecule has 0 aromatic carbocycles. The first-order valence-corrected chi connectivity index (χ1v) is 8.18. The van der Waals surface area contributed by atoms with E-state index in [-0.39, 0.29) is 0 Å². The fourth-order valence-electron chi connectivity index (χ4n) is 1.43. The van der Waals surface area contributed by atoms with E-state index < -0.39 is 10.0 Å². The molecule has 1 aromatic rings. The Hall–Kier alpha value is -0.430. The standard InChI is InChI=1S/C11H20N2O2S2/c1-2-3-4-9-13-17(14,15)11-6-5-10(16-11)7-8-12/h5-6,13H,2-4,7-9,12H2,1H3. The van der Waals surface area contributed by atoms with Gasteiger partial charge in [-0.15, -0.1) is 11.3 Å². The number of hydrogen-bond donors (Lipinski definition) is 2. The largest absolute Gasteiger partial charge is 0.330 e. The highest BCUT2D eigenvalue weighted by Gasteiger charge is 2.15. The van der Waals surface area contributed by atoms with Crippen molar-refractivity contribution in [1.82, 2.24) is 4.72 Å². The summed E-state index contributed by atoms with van der Waals surface area (Å²) in [7, 11) is -3.31. The SMILES string of the molecule is CCCCCNS(=O)(=O)c1ccc(CCN)s1. The van der Waals surface area contributed by atoms with Gasteiger partial charge in [-0.2, -0.15) is 0 Å². The van der Waals surface area contributed by atoms with Crippen molar-refractivity contribution >= 4 is 21.4 Å². The average Bonchev–Trinajstić information content (AvgIpc) is 2.74. The van der Waals surface area contributed by atoms with Crippen LogP contribution in [-0.2, 0) is 16.4 Å². The van der Waals surface area contributed by atoms with E-state index in [1.807, 2.05) is 6.07 Å². The molecule has 1 aromatic heterocycles. The lowest BCUT2D eigenvalue weighted by molar-refractivity contribution is 0.578. The summed E-state index contributed by atoms with van der Waals surface area (Å²) in [5, 5.41) is 0. The van der Waals surface area contributed by atoms with Crippen LogP contribution in [0.15, 0.2) is 16.3 Å². The minimum atomic E-state index is -3.31. The smallest absolute Gasteiger partial charge is 0.250 e. The highest BCUT2D eigenvalue weighted by molar-refractivity contribution is 7.91. The fourth-order valence-corrected chi connectivity index (χ4v) is 3.92. The van der Waals surface area contributed by atoms with Gasteiger partial charge in [0.25, 0.3) is 0 Å². The third kappa shape index (κ3) is 4.75. The van der Waals surface area contributed by atoms with Crippen molar-refractivity contribution in [2.45, 2.75) is 36.8 Å². The number of nitrogens with two attached hydrogens (primary N) is 1. The van der Waals surface area contributed by atoms with Gasteiger partial charge in [-0.1, -0.05) is 19.8 Å². The second-order valence-corrected chi connectivity index (χ2v) is 7.03. The van der Waals surface area contributed by atoms with Gasteiger partial charge in [-0.05, 0) is 31.5 Å². The number of sulfonamides is 1. The van der Waals surface area contributed by atoms with Crippen LogP contribution in [0.2, 0.25) is 0 Å². The van der Waals surface area contributed by atoms with E-state index >= 15 is 0 Å². The van der Waals surface area contributed by atoms with Crippen molar-refractivity contribution in [1.29, 1.82) is 0 Å². The molecule has 0 aliphatic heterocycles. The number of nitrogens with one attached hydrogen (secondary N) is 1. The second-order valence-electron chi connectivity index (χ2n) is 3.86. The van der Waals surface area contributed by atoms with E-state index in [9.17, 15) is 8.42 Å². The highest BCUT2D eigenvalue weighted by Crippen LogP contribution is 2.21. The first-order chi connectivity index (χ1) is 8.10. The lowest BCUT2D eigenvalue weighted by atomic mass is 10.3. The molecule has 98 valence electrons. The van der Waals surface area contributed by atoms with Crippen LogP contribution < -0.4 is 10.5 Å². The van der Waals surface area contributed by atoms with E-state index in [4.69, 9.17) is 5.73 Å². The third-order valence-electron chi connectivity index (χ3n) is 2.37. The van der Waals surface area contributed by atoms with Crippen LogP contribution in [0.1, 0.15) is 31.1 Å². The molecule has 3 N–H and O–H groups in total. The summed E-state index contributed by atoms with van der Waals surface area (Å²) in [5.41, 5.74) is 5.43. The predicted molar refractivity (Wildman–Crippen MR) is 71.8 cm³/mol. The molecule has 6 heteroatoms. The lowest BCUT2D eigenvalue weighted by Gasteiger charge is -2.03. The Labute approximate surface area is 107 Å². The zero-order valence-corrected chi connectivity index (χ0v) is 11.7. The Morgan fingerprint density at radius 3 is 2.76 bits per heavy atom. The van der Waals surface area contributed by atoms with Crippen LogP contribution >= 0.6 is 11.3 Å². The lowest BCUT2D eigenvalue weighted by Crippen LogP contribution is -2.23. The van der Waals surface area contributed by atoms with Crippen molar-refractivity contribution in [3.8, 4) is 0 Å². The van der Waals surface area contributed by atoms with Gasteiger partial charge >= 0.3 is 0 Å². The quantitative estimate of drug-likeness (QED) is 0.710. The summed E-state index contributed by atoms with van der Waals surface area (Å²) in [4.78, 5) is 1.02. The van der Waals surface area contributed by atoms with Gasteiger partial charge in [0.1, 0.15) is 4.21 Å². The van der Waals surface area contributed by atoms with Gasteiger partial charge < -0.3 is 5.73 Å². The second kappa shape index (κ2) is 7.10. The number of unbranched alkanes of at least 4 members (excludes halogenated alkanes) is 2. The van der Waals surface area contributed by atoms with E-state index in [0.717, 1.165) is 30.6 Å². The summed E-state index contributed by atoms with van der Waals surface area (Å²) < 4.78 is 26.8. The first kappa shape index (κ1) is 14.6. The van der Waals surface area contributed by atoms with Gasteiger partial charge in [0.05, 0.1) is 0 Å². The minimum Gasteiger partial charge on any atom is -0.330 e. The van der Waals surface area contributed by atoms with Gasteiger partial charge in [0, 0.05) is 11.4 Å². The molecule has 1 rings (SSSR count). The summed E-state index contributed by atoms with van der Waals surface area (Å²) in [6.45, 7) is 3.15. The molecular weight excluding hydrogens is 256 g/mol. The number of hydrogen-bond acceptors (Lipinski definition) is 4. The van der Waals surface area contributed by atoms with Crippen LogP contribution in [0.3, 0.4) is 0 Å². The topological polar surface area (TPSA) is 72.2 Å². The summed E-state index contributed by atoms with van der Waals surface area (Å²) in [6.07, 6.45) is 3.75. The van der Waals surface area contributed by atoms with E-state index in [1.165, 1.54) is 11.3 Å². The third-order valence-corrected chi connectivity index (χ3v) is 5.46. The zero-order valence-electron chi connectivity index (χ0n) is 10.1. The molecule has 4 nitrogen and oxygen atoms in total. The molecular formula is C11H20N2O2S2. The molecule has 17 heavy (non-hydrogen) atoms. The molecule has 0 atom stereocenters. The van der Waals surface area contributed by atoms with E-state index in [1.54, 1.807) is 6.07 Å². The molecule has 0 bridgehead atoms. The van der Waals surface area contributed by atoms with Crippen LogP contribution in [0.4, 0.5) is 0 Å². The maximum Gasteiger partial charge on any atom is 0.250 e. The van der Waals surface area contributed by atoms with Crippen molar-refractivity contribution in [3.63, 3.8) is 0 Å². The van der Waals surface area contributed by atoms with Crippen LogP contribution in [-0.4, -0.2) is 21.5 Å². The molecule has 0 aliphatic rings. The van der Waals surface area contributed by atoms with Crippen molar-refractivity contribution in [3.05, 3.63) is 17.0 Å². The molecule has 0 saturated carbocycles. The first-order valence-electron chi connectivity index (χ1n) is 5.88. The predicted octanol–water partition coefficient (Wildman–Crippen LogP) is 1.72. The molecule has 1 heterocycles. The molecule has 0 fully saturated rings. The molecule has 0 radical (unpaired) electrons. The van der Waals surface area contributed by atoms with E-state index in [2.05, 4.69) is 11.6 Å². The van der Waals surface area contributed by atoms with Crippen molar-refractivity contribution in [2.75, 3.05) is 13.1 Å². The normalized spacial score (nSPS) is 11.9. The maximum absolute atomic E-state index is 11.9. The van der Waals surface area contributed by atoms with Gasteiger partial charge in [0.15, 0.2) is 0 Å². The fraction of sp³-hybridized carbons (Fsp3) is 0.636. The van der Waals surface area contributed by atoms with Gasteiger partial charge in [-0.25, -0.2) is 13.1 Å².